The highest BCUT2D eigenvalue weighted by atomic mass is 19.1. The standard InChI is InChI=1S/C24H19FN4O2/c1-15-23-21(13-28(15)14-26)29(23)24(30)17-4-2-16(3-5-17)20-10-11-27-12-22(20)31-19-8-6-18(25)7-9-19/h2-12,15,21,23H,13H2,1H3/t15?,21?,23-,29?/m0/s1. The maximum atomic E-state index is 13.2. The highest BCUT2D eigenvalue weighted by molar-refractivity contribution is 5.97. The summed E-state index contributed by atoms with van der Waals surface area (Å²) in [4.78, 5) is 20.6. The first kappa shape index (κ1) is 19.1. The molecule has 1 amide bonds. The topological polar surface area (TPSA) is 69.2 Å². The van der Waals surface area contributed by atoms with E-state index in [1.165, 1.54) is 12.1 Å². The van der Waals surface area contributed by atoms with Crippen LogP contribution < -0.4 is 4.74 Å². The van der Waals surface area contributed by atoms with Crippen LogP contribution in [0.5, 0.6) is 11.5 Å². The van der Waals surface area contributed by atoms with Gasteiger partial charge in [-0.15, -0.1) is 0 Å². The highest BCUT2D eigenvalue weighted by Gasteiger charge is 2.60. The molecule has 154 valence electrons. The van der Waals surface area contributed by atoms with Crippen molar-refractivity contribution < 1.29 is 13.9 Å². The van der Waals surface area contributed by atoms with E-state index in [0.717, 1.165) is 11.1 Å². The number of amides is 1. The molecule has 2 aliphatic heterocycles. The molecule has 5 rings (SSSR count). The van der Waals surface area contributed by atoms with Gasteiger partial charge in [-0.1, -0.05) is 12.1 Å². The van der Waals surface area contributed by atoms with E-state index in [-0.39, 0.29) is 29.8 Å². The normalized spacial score (nSPS) is 21.4. The van der Waals surface area contributed by atoms with E-state index in [0.29, 0.717) is 23.6 Å². The number of nitrogens with zero attached hydrogens (tertiary/aromatic N) is 4. The molecule has 3 heterocycles. The number of carbonyl (C=O) groups excluding carboxylic acids is 1. The molecule has 0 aliphatic carbocycles. The Hall–Kier alpha value is -3.92. The Balaban J connectivity index is 1.34. The van der Waals surface area contributed by atoms with Crippen molar-refractivity contribution in [3.8, 4) is 28.8 Å². The highest BCUT2D eigenvalue weighted by Crippen LogP contribution is 2.41. The Kier molecular flexibility index (Phi) is 4.55. The maximum Gasteiger partial charge on any atom is 0.254 e. The van der Waals surface area contributed by atoms with Crippen molar-refractivity contribution in [2.75, 3.05) is 6.54 Å². The number of rotatable bonds is 4. The molecular formula is C24H19FN4O2. The van der Waals surface area contributed by atoms with Crippen molar-refractivity contribution in [3.05, 3.63) is 78.4 Å². The fourth-order valence-corrected chi connectivity index (χ4v) is 4.29. The first-order valence-corrected chi connectivity index (χ1v) is 10.0. The van der Waals surface area contributed by atoms with Crippen LogP contribution in [-0.2, 0) is 0 Å². The van der Waals surface area contributed by atoms with E-state index in [9.17, 15) is 9.18 Å². The molecule has 0 N–H and O–H groups in total. The molecule has 0 radical (unpaired) electrons. The molecule has 2 unspecified atom stereocenters. The molecule has 31 heavy (non-hydrogen) atoms. The number of halogens is 1. The van der Waals surface area contributed by atoms with E-state index in [4.69, 9.17) is 10.00 Å². The fourth-order valence-electron chi connectivity index (χ4n) is 4.29. The number of nitriles is 1. The first-order valence-electron chi connectivity index (χ1n) is 10.0. The number of ether oxygens (including phenoxy) is 1. The smallest absolute Gasteiger partial charge is 0.254 e. The first-order chi connectivity index (χ1) is 15.1. The lowest BCUT2D eigenvalue weighted by Gasteiger charge is -2.21. The monoisotopic (exact) mass is 414 g/mol. The van der Waals surface area contributed by atoms with Gasteiger partial charge in [0.25, 0.3) is 5.91 Å². The average Bonchev–Trinajstić information content (AvgIpc) is 3.42. The molecule has 0 bridgehead atoms. The zero-order chi connectivity index (χ0) is 21.5. The van der Waals surface area contributed by atoms with Crippen LogP contribution in [0.3, 0.4) is 0 Å². The third-order valence-corrected chi connectivity index (χ3v) is 5.98. The van der Waals surface area contributed by atoms with Crippen LogP contribution in [0.25, 0.3) is 11.1 Å². The van der Waals surface area contributed by atoms with Crippen molar-refractivity contribution in [2.24, 2.45) is 0 Å². The Bertz CT molecular complexity index is 1170. The minimum absolute atomic E-state index is 0.0106. The zero-order valence-electron chi connectivity index (χ0n) is 16.8. The summed E-state index contributed by atoms with van der Waals surface area (Å²) in [5.41, 5.74) is 2.31. The van der Waals surface area contributed by atoms with Crippen molar-refractivity contribution in [1.29, 1.82) is 5.26 Å². The van der Waals surface area contributed by atoms with Crippen molar-refractivity contribution in [1.82, 2.24) is 14.8 Å². The number of aromatic nitrogens is 1. The van der Waals surface area contributed by atoms with Gasteiger partial charge < -0.3 is 14.5 Å². The largest absolute Gasteiger partial charge is 0.455 e. The number of hydrogen-bond donors (Lipinski definition) is 0. The number of fused-ring (bicyclic) bond motifs is 1. The third kappa shape index (κ3) is 3.36. The molecule has 1 aromatic heterocycles. The van der Waals surface area contributed by atoms with Gasteiger partial charge in [-0.05, 0) is 55.0 Å². The van der Waals surface area contributed by atoms with Crippen LogP contribution >= 0.6 is 0 Å². The molecule has 6 nitrogen and oxygen atoms in total. The molecule has 3 aromatic rings. The second-order valence-corrected chi connectivity index (χ2v) is 7.77. The van der Waals surface area contributed by atoms with Crippen LogP contribution in [0.4, 0.5) is 4.39 Å². The molecule has 0 saturated carbocycles. The Morgan fingerprint density at radius 2 is 1.90 bits per heavy atom. The van der Waals surface area contributed by atoms with Gasteiger partial charge in [0.1, 0.15) is 11.6 Å². The number of likely N-dealkylation sites (tertiary alicyclic amines) is 1. The molecular weight excluding hydrogens is 395 g/mol. The van der Waals surface area contributed by atoms with Crippen molar-refractivity contribution >= 4 is 5.91 Å². The predicted molar refractivity (Wildman–Crippen MR) is 112 cm³/mol. The SMILES string of the molecule is CC1[C@H]2C(CN1C#N)N2C(=O)c1ccc(-c2ccncc2Oc2ccc(F)cc2)cc1. The zero-order valence-corrected chi connectivity index (χ0v) is 16.8. The Morgan fingerprint density at radius 1 is 1.16 bits per heavy atom. The summed E-state index contributed by atoms with van der Waals surface area (Å²) in [6.45, 7) is 2.59. The summed E-state index contributed by atoms with van der Waals surface area (Å²) in [5, 5.41) is 9.12. The van der Waals surface area contributed by atoms with E-state index >= 15 is 0 Å². The fraction of sp³-hybridized carbons (Fsp3) is 0.208. The van der Waals surface area contributed by atoms with Gasteiger partial charge in [0.05, 0.1) is 30.9 Å². The molecule has 0 spiro atoms. The van der Waals surface area contributed by atoms with E-state index in [1.54, 1.807) is 41.6 Å². The lowest BCUT2D eigenvalue weighted by atomic mass is 10.0. The lowest BCUT2D eigenvalue weighted by Crippen LogP contribution is -2.35. The molecule has 2 fully saturated rings. The van der Waals surface area contributed by atoms with Crippen LogP contribution in [0, 0.1) is 17.3 Å². The molecule has 3 atom stereocenters. The minimum atomic E-state index is -0.329. The quantitative estimate of drug-likeness (QED) is 0.476. The number of piperazine rings is 1. The molecule has 2 aromatic carbocycles. The molecule has 2 saturated heterocycles. The van der Waals surface area contributed by atoms with E-state index in [1.807, 2.05) is 30.0 Å². The van der Waals surface area contributed by atoms with Gasteiger partial charge in [0.15, 0.2) is 11.9 Å². The van der Waals surface area contributed by atoms with Gasteiger partial charge in [0.2, 0.25) is 0 Å². The van der Waals surface area contributed by atoms with E-state index in [2.05, 4.69) is 11.2 Å². The van der Waals surface area contributed by atoms with Gasteiger partial charge in [-0.3, -0.25) is 9.78 Å². The Morgan fingerprint density at radius 3 is 2.55 bits per heavy atom. The number of carbonyl (C=O) groups is 1. The summed E-state index contributed by atoms with van der Waals surface area (Å²) in [6.07, 6.45) is 5.46. The van der Waals surface area contributed by atoms with Gasteiger partial charge in [0, 0.05) is 17.3 Å². The molecule has 2 aliphatic rings. The number of pyridine rings is 1. The van der Waals surface area contributed by atoms with Gasteiger partial charge in [-0.2, -0.15) is 5.26 Å². The summed E-state index contributed by atoms with van der Waals surface area (Å²) < 4.78 is 19.0. The van der Waals surface area contributed by atoms with Crippen LogP contribution in [0.15, 0.2) is 67.0 Å². The Labute approximate surface area is 179 Å². The summed E-state index contributed by atoms with van der Waals surface area (Å²) in [7, 11) is 0. The maximum absolute atomic E-state index is 13.2. The van der Waals surface area contributed by atoms with Crippen LogP contribution in [0.2, 0.25) is 0 Å². The van der Waals surface area contributed by atoms with Crippen LogP contribution in [-0.4, -0.2) is 45.4 Å². The predicted octanol–water partition coefficient (Wildman–Crippen LogP) is 4.06. The summed E-state index contributed by atoms with van der Waals surface area (Å²) in [6, 6.07) is 15.3. The molecule has 7 heteroatoms. The summed E-state index contributed by atoms with van der Waals surface area (Å²) in [5.74, 6) is 0.711. The van der Waals surface area contributed by atoms with Crippen LogP contribution in [0.1, 0.15) is 17.3 Å². The second kappa shape index (κ2) is 7.40. The van der Waals surface area contributed by atoms with E-state index < -0.39 is 0 Å². The van der Waals surface area contributed by atoms with Crippen molar-refractivity contribution in [3.63, 3.8) is 0 Å². The minimum Gasteiger partial charge on any atom is -0.455 e. The second-order valence-electron chi connectivity index (χ2n) is 7.77. The third-order valence-electron chi connectivity index (χ3n) is 5.98. The summed E-state index contributed by atoms with van der Waals surface area (Å²) >= 11 is 0. The van der Waals surface area contributed by atoms with Gasteiger partial charge in [-0.25, -0.2) is 4.39 Å². The van der Waals surface area contributed by atoms with Gasteiger partial charge >= 0.3 is 0 Å². The number of hydrogen-bond acceptors (Lipinski definition) is 5. The number of benzene rings is 2. The average molecular weight is 414 g/mol. The van der Waals surface area contributed by atoms with Crippen molar-refractivity contribution in [2.45, 2.75) is 25.0 Å². The lowest BCUT2D eigenvalue weighted by molar-refractivity contribution is 0.0832.